The Morgan fingerprint density at radius 1 is 1.25 bits per heavy atom. The molecule has 0 radical (unpaired) electrons. The molecule has 0 aliphatic heterocycles. The summed E-state index contributed by atoms with van der Waals surface area (Å²) in [6, 6.07) is 0. The first-order valence-corrected chi connectivity index (χ1v) is 5.81. The molecule has 2 unspecified atom stereocenters. The molecular formula is C13H22O3. The van der Waals surface area contributed by atoms with Crippen LogP contribution in [-0.2, 0) is 14.2 Å². The average molecular weight is 226 g/mol. The van der Waals surface area contributed by atoms with Crippen LogP contribution in [0.5, 0.6) is 0 Å². The molecule has 0 fully saturated rings. The molecule has 1 rings (SSSR count). The van der Waals surface area contributed by atoms with Crippen LogP contribution in [0.1, 0.15) is 19.8 Å². The zero-order valence-electron chi connectivity index (χ0n) is 10.4. The van der Waals surface area contributed by atoms with Crippen molar-refractivity contribution in [3.63, 3.8) is 0 Å². The number of unbranched alkanes of at least 4 members (excludes halogenated alkanes) is 1. The molecule has 16 heavy (non-hydrogen) atoms. The summed E-state index contributed by atoms with van der Waals surface area (Å²) in [6.45, 7) is 3.45. The fourth-order valence-corrected chi connectivity index (χ4v) is 1.77. The van der Waals surface area contributed by atoms with Gasteiger partial charge >= 0.3 is 0 Å². The number of hydrogen-bond acceptors (Lipinski definition) is 3. The van der Waals surface area contributed by atoms with Crippen LogP contribution in [-0.4, -0.2) is 39.1 Å². The molecule has 0 aromatic heterocycles. The normalized spacial score (nSPS) is 28.6. The van der Waals surface area contributed by atoms with E-state index in [2.05, 4.69) is 6.92 Å². The summed E-state index contributed by atoms with van der Waals surface area (Å²) in [5.41, 5.74) is -0.475. The first-order valence-electron chi connectivity index (χ1n) is 5.81. The van der Waals surface area contributed by atoms with Crippen molar-refractivity contribution in [3.05, 3.63) is 24.3 Å². The van der Waals surface area contributed by atoms with Crippen molar-refractivity contribution in [3.8, 4) is 0 Å². The van der Waals surface area contributed by atoms with Gasteiger partial charge in [0.05, 0.1) is 6.61 Å². The molecule has 92 valence electrons. The molecule has 0 saturated heterocycles. The molecule has 1 aliphatic carbocycles. The smallest absolute Gasteiger partial charge is 0.139 e. The van der Waals surface area contributed by atoms with Crippen molar-refractivity contribution in [1.82, 2.24) is 0 Å². The maximum atomic E-state index is 5.65. The molecule has 2 atom stereocenters. The quantitative estimate of drug-likeness (QED) is 0.624. The van der Waals surface area contributed by atoms with Crippen molar-refractivity contribution in [2.24, 2.45) is 0 Å². The van der Waals surface area contributed by atoms with Crippen molar-refractivity contribution in [1.29, 1.82) is 0 Å². The predicted octanol–water partition coefficient (Wildman–Crippen LogP) is 2.33. The maximum Gasteiger partial charge on any atom is 0.139 e. The first kappa shape index (κ1) is 13.4. The minimum absolute atomic E-state index is 0.0795. The van der Waals surface area contributed by atoms with Gasteiger partial charge in [0.15, 0.2) is 0 Å². The molecule has 3 heteroatoms. The summed E-state index contributed by atoms with van der Waals surface area (Å²) in [5, 5.41) is 0. The topological polar surface area (TPSA) is 27.7 Å². The largest absolute Gasteiger partial charge is 0.378 e. The summed E-state index contributed by atoms with van der Waals surface area (Å²) in [4.78, 5) is 0. The van der Waals surface area contributed by atoms with Gasteiger partial charge in [-0.2, -0.15) is 0 Å². The van der Waals surface area contributed by atoms with Gasteiger partial charge in [-0.05, 0) is 12.5 Å². The van der Waals surface area contributed by atoms with Crippen molar-refractivity contribution in [2.75, 3.05) is 27.4 Å². The number of rotatable bonds is 7. The zero-order chi connectivity index (χ0) is 11.9. The highest BCUT2D eigenvalue weighted by Gasteiger charge is 2.37. The van der Waals surface area contributed by atoms with Gasteiger partial charge in [0.1, 0.15) is 11.7 Å². The van der Waals surface area contributed by atoms with Gasteiger partial charge < -0.3 is 14.2 Å². The van der Waals surface area contributed by atoms with E-state index in [1.165, 1.54) is 0 Å². The van der Waals surface area contributed by atoms with Gasteiger partial charge in [-0.15, -0.1) is 0 Å². The van der Waals surface area contributed by atoms with Crippen molar-refractivity contribution >= 4 is 0 Å². The Hall–Kier alpha value is -0.640. The lowest BCUT2D eigenvalue weighted by atomic mass is 9.92. The van der Waals surface area contributed by atoms with E-state index in [-0.39, 0.29) is 6.10 Å². The molecule has 0 aromatic carbocycles. The average Bonchev–Trinajstić information content (AvgIpc) is 2.35. The Labute approximate surface area is 98.1 Å². The van der Waals surface area contributed by atoms with Crippen molar-refractivity contribution in [2.45, 2.75) is 31.5 Å². The first-order chi connectivity index (χ1) is 7.79. The lowest BCUT2D eigenvalue weighted by Crippen LogP contribution is -2.47. The summed E-state index contributed by atoms with van der Waals surface area (Å²) < 4.78 is 16.6. The number of allylic oxidation sites excluding steroid dienone is 2. The highest BCUT2D eigenvalue weighted by Crippen LogP contribution is 2.25. The van der Waals surface area contributed by atoms with Gasteiger partial charge in [-0.3, -0.25) is 0 Å². The zero-order valence-corrected chi connectivity index (χ0v) is 10.4. The van der Waals surface area contributed by atoms with Crippen LogP contribution < -0.4 is 0 Å². The molecule has 0 N–H and O–H groups in total. The SMILES string of the molecule is CCCCOCC1(OC)C=CC=CC1OC. The summed E-state index contributed by atoms with van der Waals surface area (Å²) in [6.07, 6.45) is 10.1. The lowest BCUT2D eigenvalue weighted by Gasteiger charge is -2.36. The molecule has 0 heterocycles. The predicted molar refractivity (Wildman–Crippen MR) is 64.5 cm³/mol. The standard InChI is InChI=1S/C13H22O3/c1-4-5-10-16-11-13(15-3)9-7-6-8-12(13)14-2/h6-9,12H,4-5,10-11H2,1-3H3. The van der Waals surface area contributed by atoms with Crippen LogP contribution in [0, 0.1) is 0 Å². The van der Waals surface area contributed by atoms with Gasteiger partial charge in [0.2, 0.25) is 0 Å². The van der Waals surface area contributed by atoms with Crippen molar-refractivity contribution < 1.29 is 14.2 Å². The second-order valence-electron chi connectivity index (χ2n) is 3.97. The number of ether oxygens (including phenoxy) is 3. The van der Waals surface area contributed by atoms with Crippen LogP contribution in [0.3, 0.4) is 0 Å². The van der Waals surface area contributed by atoms with Crippen LogP contribution in [0.2, 0.25) is 0 Å². The van der Waals surface area contributed by atoms with Crippen LogP contribution in [0.15, 0.2) is 24.3 Å². The third-order valence-electron chi connectivity index (χ3n) is 2.86. The Morgan fingerprint density at radius 3 is 2.69 bits per heavy atom. The van der Waals surface area contributed by atoms with Crippen LogP contribution >= 0.6 is 0 Å². The van der Waals surface area contributed by atoms with Gasteiger partial charge in [-0.25, -0.2) is 0 Å². The molecule has 3 nitrogen and oxygen atoms in total. The van der Waals surface area contributed by atoms with E-state index in [1.54, 1.807) is 14.2 Å². The van der Waals surface area contributed by atoms with Gasteiger partial charge in [-0.1, -0.05) is 31.6 Å². The molecule has 0 saturated carbocycles. The highest BCUT2D eigenvalue weighted by atomic mass is 16.6. The number of methoxy groups -OCH3 is 2. The van der Waals surface area contributed by atoms with E-state index >= 15 is 0 Å². The Kier molecular flexibility index (Phi) is 5.74. The Bertz CT molecular complexity index is 248. The Morgan fingerprint density at radius 2 is 2.06 bits per heavy atom. The maximum absolute atomic E-state index is 5.65. The molecule has 0 amide bonds. The fraction of sp³-hybridized carbons (Fsp3) is 0.692. The van der Waals surface area contributed by atoms with E-state index < -0.39 is 5.60 Å². The highest BCUT2D eigenvalue weighted by molar-refractivity contribution is 5.23. The van der Waals surface area contributed by atoms with E-state index in [0.717, 1.165) is 19.4 Å². The summed E-state index contributed by atoms with van der Waals surface area (Å²) >= 11 is 0. The van der Waals surface area contributed by atoms with Crippen LogP contribution in [0.25, 0.3) is 0 Å². The summed E-state index contributed by atoms with van der Waals surface area (Å²) in [5.74, 6) is 0. The van der Waals surface area contributed by atoms with Crippen LogP contribution in [0.4, 0.5) is 0 Å². The molecule has 0 aromatic rings. The Balaban J connectivity index is 2.54. The van der Waals surface area contributed by atoms with E-state index in [4.69, 9.17) is 14.2 Å². The summed E-state index contributed by atoms with van der Waals surface area (Å²) in [7, 11) is 3.38. The minimum atomic E-state index is -0.475. The second-order valence-corrected chi connectivity index (χ2v) is 3.97. The van der Waals surface area contributed by atoms with Gasteiger partial charge in [0, 0.05) is 20.8 Å². The molecular weight excluding hydrogens is 204 g/mol. The van der Waals surface area contributed by atoms with Gasteiger partial charge in [0.25, 0.3) is 0 Å². The van der Waals surface area contributed by atoms with E-state index in [9.17, 15) is 0 Å². The number of hydrogen-bond donors (Lipinski definition) is 0. The molecule has 0 spiro atoms. The lowest BCUT2D eigenvalue weighted by molar-refractivity contribution is -0.109. The third-order valence-corrected chi connectivity index (χ3v) is 2.86. The molecule has 1 aliphatic rings. The van der Waals surface area contributed by atoms with E-state index in [0.29, 0.717) is 6.61 Å². The molecule has 0 bridgehead atoms. The second kappa shape index (κ2) is 6.84. The fourth-order valence-electron chi connectivity index (χ4n) is 1.77. The van der Waals surface area contributed by atoms with E-state index in [1.807, 2.05) is 24.3 Å². The monoisotopic (exact) mass is 226 g/mol. The third kappa shape index (κ3) is 3.17. The minimum Gasteiger partial charge on any atom is -0.378 e.